The van der Waals surface area contributed by atoms with Gasteiger partial charge in [-0.25, -0.2) is 4.98 Å². The van der Waals surface area contributed by atoms with Gasteiger partial charge in [-0.1, -0.05) is 23.9 Å². The zero-order chi connectivity index (χ0) is 22.8. The molecule has 5 rings (SSSR count). The van der Waals surface area contributed by atoms with Crippen molar-refractivity contribution in [3.05, 3.63) is 72.4 Å². The van der Waals surface area contributed by atoms with E-state index in [1.807, 2.05) is 60.1 Å². The number of fused-ring (bicyclic) bond motifs is 1. The molecule has 0 fully saturated rings. The number of amides is 1. The number of thioether (sulfide) groups is 1. The Morgan fingerprint density at radius 3 is 2.73 bits per heavy atom. The molecule has 0 radical (unpaired) electrons. The van der Waals surface area contributed by atoms with E-state index >= 15 is 0 Å². The number of thiazole rings is 1. The van der Waals surface area contributed by atoms with Gasteiger partial charge >= 0.3 is 0 Å². The fourth-order valence-electron chi connectivity index (χ4n) is 3.34. The molecule has 0 unspecified atom stereocenters. The van der Waals surface area contributed by atoms with Crippen molar-refractivity contribution in [1.29, 1.82) is 0 Å². The normalized spacial score (nSPS) is 11.1. The Balaban J connectivity index is 1.21. The summed E-state index contributed by atoms with van der Waals surface area (Å²) in [6, 6.07) is 19.7. The lowest BCUT2D eigenvalue weighted by Gasteiger charge is -2.06. The quantitative estimate of drug-likeness (QED) is 0.342. The minimum absolute atomic E-state index is 0.106. The van der Waals surface area contributed by atoms with E-state index in [1.54, 1.807) is 17.5 Å². The van der Waals surface area contributed by atoms with Gasteiger partial charge in [0.25, 0.3) is 0 Å². The molecule has 0 aliphatic carbocycles. The van der Waals surface area contributed by atoms with Gasteiger partial charge < -0.3 is 9.88 Å². The molecule has 0 saturated carbocycles. The van der Waals surface area contributed by atoms with Crippen molar-refractivity contribution in [2.75, 3.05) is 11.1 Å². The fourth-order valence-corrected chi connectivity index (χ4v) is 5.12. The van der Waals surface area contributed by atoms with Crippen LogP contribution in [0.1, 0.15) is 5.56 Å². The monoisotopic (exact) mass is 472 g/mol. The van der Waals surface area contributed by atoms with Crippen molar-refractivity contribution in [2.45, 2.75) is 12.1 Å². The van der Waals surface area contributed by atoms with Crippen molar-refractivity contribution in [1.82, 2.24) is 24.7 Å². The number of anilines is 1. The van der Waals surface area contributed by atoms with E-state index in [2.05, 4.69) is 39.6 Å². The van der Waals surface area contributed by atoms with Gasteiger partial charge in [-0.2, -0.15) is 0 Å². The Kier molecular flexibility index (Phi) is 5.89. The number of carbonyl (C=O) groups excluding carboxylic acids is 1. The highest BCUT2D eigenvalue weighted by atomic mass is 32.2. The van der Waals surface area contributed by atoms with Crippen LogP contribution in [0.3, 0.4) is 0 Å². The van der Waals surface area contributed by atoms with Crippen molar-refractivity contribution in [3.8, 4) is 22.1 Å². The second kappa shape index (κ2) is 9.13. The van der Waals surface area contributed by atoms with Gasteiger partial charge in [0.2, 0.25) is 5.91 Å². The predicted octanol–water partition coefficient (Wildman–Crippen LogP) is 5.19. The highest BCUT2D eigenvalue weighted by Gasteiger charge is 2.14. The number of nitrogens with one attached hydrogen (secondary N) is 1. The van der Waals surface area contributed by atoms with Crippen LogP contribution in [0.15, 0.2) is 72.0 Å². The summed E-state index contributed by atoms with van der Waals surface area (Å²) in [4.78, 5) is 21.5. The lowest BCUT2D eigenvalue weighted by Crippen LogP contribution is -2.14. The molecule has 1 amide bonds. The second-order valence-electron chi connectivity index (χ2n) is 7.48. The molecule has 0 saturated heterocycles. The third kappa shape index (κ3) is 4.64. The first kappa shape index (κ1) is 21.3. The van der Waals surface area contributed by atoms with Gasteiger partial charge in [-0.15, -0.1) is 21.5 Å². The van der Waals surface area contributed by atoms with E-state index in [9.17, 15) is 4.79 Å². The van der Waals surface area contributed by atoms with Gasteiger partial charge in [0.1, 0.15) is 10.7 Å². The Bertz CT molecular complexity index is 1430. The minimum atomic E-state index is -0.106. The molecule has 164 valence electrons. The van der Waals surface area contributed by atoms with Crippen molar-refractivity contribution < 1.29 is 4.79 Å². The average Bonchev–Trinajstić information content (AvgIpc) is 3.41. The summed E-state index contributed by atoms with van der Waals surface area (Å²) in [7, 11) is 1.87. The number of aryl methyl sites for hydroxylation is 1. The van der Waals surface area contributed by atoms with Crippen molar-refractivity contribution in [2.24, 2.45) is 7.05 Å². The lowest BCUT2D eigenvalue weighted by atomic mass is 10.2. The molecular weight excluding hydrogens is 452 g/mol. The Labute approximate surface area is 198 Å². The lowest BCUT2D eigenvalue weighted by molar-refractivity contribution is -0.113. The molecule has 0 aliphatic heterocycles. The van der Waals surface area contributed by atoms with E-state index in [-0.39, 0.29) is 11.7 Å². The molecule has 33 heavy (non-hydrogen) atoms. The number of benzene rings is 2. The number of rotatable bonds is 6. The average molecular weight is 473 g/mol. The summed E-state index contributed by atoms with van der Waals surface area (Å²) < 4.78 is 3.02. The maximum absolute atomic E-state index is 12.5. The summed E-state index contributed by atoms with van der Waals surface area (Å²) in [5.74, 6) is 0.789. The molecule has 3 heterocycles. The summed E-state index contributed by atoms with van der Waals surface area (Å²) in [5, 5.41) is 13.0. The number of aromatic nitrogens is 5. The van der Waals surface area contributed by atoms with E-state index in [1.165, 1.54) is 22.0 Å². The van der Waals surface area contributed by atoms with Crippen LogP contribution in [0.5, 0.6) is 0 Å². The Morgan fingerprint density at radius 1 is 1.09 bits per heavy atom. The second-order valence-corrected chi connectivity index (χ2v) is 9.46. The fraction of sp³-hybridized carbons (Fsp3) is 0.125. The van der Waals surface area contributed by atoms with Crippen LogP contribution in [0.2, 0.25) is 0 Å². The summed E-state index contributed by atoms with van der Waals surface area (Å²) in [5.41, 5.74) is 4.75. The zero-order valence-electron chi connectivity index (χ0n) is 18.0. The number of hydrogen-bond donors (Lipinski definition) is 1. The maximum Gasteiger partial charge on any atom is 0.234 e. The van der Waals surface area contributed by atoms with Crippen LogP contribution >= 0.6 is 23.1 Å². The minimum Gasteiger partial charge on any atom is -0.325 e. The largest absolute Gasteiger partial charge is 0.325 e. The topological polar surface area (TPSA) is 85.6 Å². The molecular formula is C24H20N6OS2. The van der Waals surface area contributed by atoms with Gasteiger partial charge in [-0.3, -0.25) is 9.78 Å². The van der Waals surface area contributed by atoms with Crippen molar-refractivity contribution in [3.63, 3.8) is 0 Å². The highest BCUT2D eigenvalue weighted by molar-refractivity contribution is 7.99. The van der Waals surface area contributed by atoms with Crippen molar-refractivity contribution >= 4 is 44.9 Å². The first-order valence-corrected chi connectivity index (χ1v) is 12.1. The SMILES string of the molecule is Cc1ccc2nc(-c3ccc(NC(=O)CSc4nnc(-c5ccccn5)n4C)cc3)sc2c1. The standard InChI is InChI=1S/C24H20N6OS2/c1-15-6-11-18-20(13-15)33-23(27-18)16-7-9-17(10-8-16)26-21(31)14-32-24-29-28-22(30(24)2)19-5-3-4-12-25-19/h3-13H,14H2,1-2H3,(H,26,31). The van der Waals surface area contributed by atoms with Crippen LogP contribution in [-0.4, -0.2) is 36.4 Å². The number of nitrogens with zero attached hydrogens (tertiary/aromatic N) is 5. The first-order chi connectivity index (χ1) is 16.1. The summed E-state index contributed by atoms with van der Waals surface area (Å²) in [6.07, 6.45) is 1.72. The highest BCUT2D eigenvalue weighted by Crippen LogP contribution is 2.31. The molecule has 0 spiro atoms. The molecule has 0 bridgehead atoms. The molecule has 2 aromatic carbocycles. The third-order valence-corrected chi connectivity index (χ3v) is 7.11. The number of hydrogen-bond acceptors (Lipinski definition) is 7. The van der Waals surface area contributed by atoms with Gasteiger partial charge in [0.05, 0.1) is 16.0 Å². The predicted molar refractivity (Wildman–Crippen MR) is 133 cm³/mol. The van der Waals surface area contributed by atoms with Crippen LogP contribution in [0.25, 0.3) is 32.3 Å². The smallest absolute Gasteiger partial charge is 0.234 e. The van der Waals surface area contributed by atoms with E-state index in [0.29, 0.717) is 11.0 Å². The van der Waals surface area contributed by atoms with E-state index in [0.717, 1.165) is 27.5 Å². The van der Waals surface area contributed by atoms with Crippen LogP contribution in [0, 0.1) is 6.92 Å². The molecule has 7 nitrogen and oxygen atoms in total. The van der Waals surface area contributed by atoms with Crippen LogP contribution < -0.4 is 5.32 Å². The molecule has 0 aliphatic rings. The van der Waals surface area contributed by atoms with E-state index < -0.39 is 0 Å². The number of pyridine rings is 1. The van der Waals surface area contributed by atoms with Gasteiger partial charge in [0.15, 0.2) is 11.0 Å². The van der Waals surface area contributed by atoms with Gasteiger partial charge in [0, 0.05) is 24.5 Å². The molecule has 0 atom stereocenters. The maximum atomic E-state index is 12.5. The molecule has 9 heteroatoms. The molecule has 3 aromatic heterocycles. The van der Waals surface area contributed by atoms with Crippen LogP contribution in [-0.2, 0) is 11.8 Å². The molecule has 5 aromatic rings. The molecule has 1 N–H and O–H groups in total. The van der Waals surface area contributed by atoms with E-state index in [4.69, 9.17) is 4.98 Å². The van der Waals surface area contributed by atoms with Crippen LogP contribution in [0.4, 0.5) is 5.69 Å². The Morgan fingerprint density at radius 2 is 1.94 bits per heavy atom. The van der Waals surface area contributed by atoms with Gasteiger partial charge in [-0.05, 0) is 61.0 Å². The number of carbonyl (C=O) groups is 1. The zero-order valence-corrected chi connectivity index (χ0v) is 19.7. The first-order valence-electron chi connectivity index (χ1n) is 10.3. The summed E-state index contributed by atoms with van der Waals surface area (Å²) in [6.45, 7) is 2.08. The summed E-state index contributed by atoms with van der Waals surface area (Å²) >= 11 is 3.00. The Hall–Kier alpha value is -3.56. The third-order valence-electron chi connectivity index (χ3n) is 5.02.